The Balaban J connectivity index is 1.42. The molecule has 1 aliphatic carbocycles. The Morgan fingerprint density at radius 2 is 1.97 bits per heavy atom. The lowest BCUT2D eigenvalue weighted by molar-refractivity contribution is 0.0330. The average molecular weight is 454 g/mol. The van der Waals surface area contributed by atoms with Gasteiger partial charge in [0.25, 0.3) is 5.78 Å². The number of nitrogens with zero attached hydrogens (tertiary/aromatic N) is 7. The summed E-state index contributed by atoms with van der Waals surface area (Å²) in [6, 6.07) is 2.02. The van der Waals surface area contributed by atoms with Crippen LogP contribution >= 0.6 is 23.1 Å². The second kappa shape index (κ2) is 7.77. The van der Waals surface area contributed by atoms with Crippen LogP contribution < -0.4 is 0 Å². The Kier molecular flexibility index (Phi) is 4.90. The van der Waals surface area contributed by atoms with E-state index in [1.807, 2.05) is 31.3 Å². The van der Waals surface area contributed by atoms with Crippen molar-refractivity contribution >= 4 is 39.1 Å². The fourth-order valence-corrected chi connectivity index (χ4v) is 6.63. The zero-order valence-electron chi connectivity index (χ0n) is 17.6. The van der Waals surface area contributed by atoms with Crippen molar-refractivity contribution in [2.45, 2.75) is 49.8 Å². The highest BCUT2D eigenvalue weighted by Crippen LogP contribution is 2.41. The predicted octanol–water partition coefficient (Wildman–Crippen LogP) is 3.22. The van der Waals surface area contributed by atoms with E-state index >= 15 is 0 Å². The monoisotopic (exact) mass is 453 g/mol. The van der Waals surface area contributed by atoms with Crippen molar-refractivity contribution in [1.29, 1.82) is 0 Å². The fourth-order valence-electron chi connectivity index (χ4n) is 4.39. The van der Waals surface area contributed by atoms with Gasteiger partial charge in [-0.1, -0.05) is 0 Å². The summed E-state index contributed by atoms with van der Waals surface area (Å²) in [7, 11) is 0. The van der Waals surface area contributed by atoms with E-state index in [2.05, 4.69) is 14.9 Å². The van der Waals surface area contributed by atoms with Gasteiger partial charge in [0.1, 0.15) is 15.7 Å². The molecule has 0 atom stereocenters. The topological polar surface area (TPSA) is 81.3 Å². The molecule has 31 heavy (non-hydrogen) atoms. The quantitative estimate of drug-likeness (QED) is 0.436. The number of fused-ring (bicyclic) bond motifs is 4. The van der Waals surface area contributed by atoms with Crippen LogP contribution in [0.15, 0.2) is 16.2 Å². The summed E-state index contributed by atoms with van der Waals surface area (Å²) in [6.07, 6.45) is 3.47. The Hall–Kier alpha value is -2.14. The first-order valence-corrected chi connectivity index (χ1v) is 12.3. The molecule has 0 aromatic carbocycles. The molecule has 5 heterocycles. The van der Waals surface area contributed by atoms with E-state index in [4.69, 9.17) is 19.8 Å². The molecule has 6 rings (SSSR count). The van der Waals surface area contributed by atoms with Gasteiger partial charge in [-0.15, -0.1) is 16.4 Å². The van der Waals surface area contributed by atoms with Crippen molar-refractivity contribution in [3.63, 3.8) is 0 Å². The van der Waals surface area contributed by atoms with Gasteiger partial charge in [-0.2, -0.15) is 4.98 Å². The molecule has 4 aromatic rings. The largest absolute Gasteiger partial charge is 0.379 e. The minimum atomic E-state index is 0.634. The molecular weight excluding hydrogens is 430 g/mol. The molecule has 4 aromatic heterocycles. The molecule has 0 bridgehead atoms. The maximum atomic E-state index is 5.49. The van der Waals surface area contributed by atoms with E-state index in [0.29, 0.717) is 10.9 Å². The zero-order valence-corrected chi connectivity index (χ0v) is 19.2. The summed E-state index contributed by atoms with van der Waals surface area (Å²) in [5, 5.41) is 7.55. The summed E-state index contributed by atoms with van der Waals surface area (Å²) >= 11 is 3.36. The summed E-state index contributed by atoms with van der Waals surface area (Å²) in [5.41, 5.74) is 3.40. The summed E-state index contributed by atoms with van der Waals surface area (Å²) < 4.78 is 7.30. The van der Waals surface area contributed by atoms with Gasteiger partial charge >= 0.3 is 0 Å². The molecule has 0 radical (unpaired) electrons. The normalized spacial score (nSPS) is 17.1. The van der Waals surface area contributed by atoms with Crippen LogP contribution in [0.3, 0.4) is 0 Å². The van der Waals surface area contributed by atoms with Crippen LogP contribution in [0, 0.1) is 13.8 Å². The van der Waals surface area contributed by atoms with Crippen molar-refractivity contribution in [1.82, 2.24) is 34.4 Å². The van der Waals surface area contributed by atoms with Crippen LogP contribution in [0.2, 0.25) is 0 Å². The Bertz CT molecular complexity index is 1290. The van der Waals surface area contributed by atoms with E-state index in [0.717, 1.165) is 72.8 Å². The van der Waals surface area contributed by atoms with Gasteiger partial charge in [0.05, 0.1) is 19.8 Å². The van der Waals surface area contributed by atoms with Crippen molar-refractivity contribution in [2.24, 2.45) is 0 Å². The second-order valence-corrected chi connectivity index (χ2v) is 10.2. The Morgan fingerprint density at radius 1 is 1.10 bits per heavy atom. The molecule has 1 aliphatic heterocycles. The molecule has 160 valence electrons. The van der Waals surface area contributed by atoms with Gasteiger partial charge in [0, 0.05) is 34.7 Å². The zero-order chi connectivity index (χ0) is 20.9. The number of ether oxygens (including phenoxy) is 1. The molecule has 0 spiro atoms. The highest BCUT2D eigenvalue weighted by Gasteiger charge is 2.24. The first kappa shape index (κ1) is 19.5. The van der Waals surface area contributed by atoms with Crippen molar-refractivity contribution in [2.75, 3.05) is 26.3 Å². The van der Waals surface area contributed by atoms with E-state index in [9.17, 15) is 0 Å². The standard InChI is InChI=1S/C21H23N7OS2/c1-12-10-13(2)28-20(22-12)25-21(26-28)31-19-17-14-4-3-5-15(14)30-18(17)23-16(24-19)11-27-6-8-29-9-7-27/h10H,3-9,11H2,1-2H3. The van der Waals surface area contributed by atoms with Gasteiger partial charge in [-0.3, -0.25) is 4.90 Å². The van der Waals surface area contributed by atoms with Crippen LogP contribution in [0.25, 0.3) is 16.0 Å². The number of hydrogen-bond acceptors (Lipinski definition) is 9. The lowest BCUT2D eigenvalue weighted by atomic mass is 10.2. The molecule has 0 amide bonds. The minimum absolute atomic E-state index is 0.634. The Labute approximate surface area is 188 Å². The molecule has 0 saturated carbocycles. The van der Waals surface area contributed by atoms with E-state index in [1.54, 1.807) is 4.52 Å². The van der Waals surface area contributed by atoms with Gasteiger partial charge < -0.3 is 4.74 Å². The highest BCUT2D eigenvalue weighted by atomic mass is 32.2. The van der Waals surface area contributed by atoms with Crippen LogP contribution in [0.5, 0.6) is 0 Å². The predicted molar refractivity (Wildman–Crippen MR) is 120 cm³/mol. The maximum Gasteiger partial charge on any atom is 0.253 e. The first-order chi connectivity index (χ1) is 15.1. The third-order valence-corrected chi connectivity index (χ3v) is 7.86. The van der Waals surface area contributed by atoms with Crippen molar-refractivity contribution < 1.29 is 4.74 Å². The second-order valence-electron chi connectivity index (χ2n) is 8.12. The van der Waals surface area contributed by atoms with Gasteiger partial charge in [-0.05, 0) is 56.5 Å². The third kappa shape index (κ3) is 3.61. The van der Waals surface area contributed by atoms with Crippen LogP contribution in [-0.4, -0.2) is 60.8 Å². The average Bonchev–Trinajstić information content (AvgIpc) is 3.43. The van der Waals surface area contributed by atoms with E-state index < -0.39 is 0 Å². The molecule has 1 saturated heterocycles. The summed E-state index contributed by atoms with van der Waals surface area (Å²) in [6.45, 7) is 8.14. The lowest BCUT2D eigenvalue weighted by Gasteiger charge is -2.25. The van der Waals surface area contributed by atoms with Crippen molar-refractivity contribution in [3.05, 3.63) is 33.7 Å². The molecule has 1 fully saturated rings. The molecule has 2 aliphatic rings. The van der Waals surface area contributed by atoms with Gasteiger partial charge in [-0.25, -0.2) is 19.5 Å². The lowest BCUT2D eigenvalue weighted by Crippen LogP contribution is -2.36. The summed E-state index contributed by atoms with van der Waals surface area (Å²) in [5.74, 6) is 1.50. The molecular formula is C21H23N7OS2. The number of hydrogen-bond donors (Lipinski definition) is 0. The minimum Gasteiger partial charge on any atom is -0.379 e. The van der Waals surface area contributed by atoms with Crippen molar-refractivity contribution in [3.8, 4) is 0 Å². The Morgan fingerprint density at radius 3 is 2.84 bits per heavy atom. The first-order valence-electron chi connectivity index (χ1n) is 10.6. The number of morpholine rings is 1. The number of aryl methyl sites for hydroxylation is 4. The van der Waals surface area contributed by atoms with E-state index in [-0.39, 0.29) is 0 Å². The van der Waals surface area contributed by atoms with E-state index in [1.165, 1.54) is 34.0 Å². The maximum absolute atomic E-state index is 5.49. The molecule has 8 nitrogen and oxygen atoms in total. The number of aromatic nitrogens is 6. The fraction of sp³-hybridized carbons (Fsp3) is 0.476. The number of thiophene rings is 1. The molecule has 0 N–H and O–H groups in total. The molecule has 0 unspecified atom stereocenters. The van der Waals surface area contributed by atoms with Gasteiger partial charge in [0.2, 0.25) is 5.16 Å². The summed E-state index contributed by atoms with van der Waals surface area (Å²) in [4.78, 5) is 24.1. The van der Waals surface area contributed by atoms with Crippen LogP contribution in [0.1, 0.15) is 34.1 Å². The molecule has 10 heteroatoms. The smallest absolute Gasteiger partial charge is 0.253 e. The SMILES string of the molecule is Cc1cc(C)n2nc(Sc3nc(CN4CCOCC4)nc4sc5c(c34)CCC5)nc2n1. The third-order valence-electron chi connectivity index (χ3n) is 5.83. The van der Waals surface area contributed by atoms with Gasteiger partial charge in [0.15, 0.2) is 0 Å². The number of rotatable bonds is 4. The van der Waals surface area contributed by atoms with Crippen LogP contribution in [-0.2, 0) is 24.1 Å². The van der Waals surface area contributed by atoms with Crippen LogP contribution in [0.4, 0.5) is 0 Å². The highest BCUT2D eigenvalue weighted by molar-refractivity contribution is 7.99.